The number of nitrogens with one attached hydrogen (secondary N) is 1. The molecule has 3 rings (SSSR count). The van der Waals surface area contributed by atoms with E-state index in [0.29, 0.717) is 16.0 Å². The second kappa shape index (κ2) is 5.29. The number of carbonyl (C=O) groups is 1. The van der Waals surface area contributed by atoms with Crippen molar-refractivity contribution in [3.63, 3.8) is 0 Å². The van der Waals surface area contributed by atoms with E-state index in [9.17, 15) is 14.4 Å². The summed E-state index contributed by atoms with van der Waals surface area (Å²) in [5, 5.41) is 14.9. The molecule has 0 atom stereocenters. The molecule has 6 heteroatoms. The van der Waals surface area contributed by atoms with Gasteiger partial charge in [-0.1, -0.05) is 28.1 Å². The van der Waals surface area contributed by atoms with Crippen LogP contribution >= 0.6 is 15.9 Å². The molecule has 1 aliphatic heterocycles. The van der Waals surface area contributed by atoms with Gasteiger partial charge in [-0.3, -0.25) is 4.79 Å². The zero-order valence-corrected chi connectivity index (χ0v) is 12.4. The molecule has 1 amide bonds. The first-order chi connectivity index (χ1) is 10.1. The van der Waals surface area contributed by atoms with Crippen LogP contribution in [0.25, 0.3) is 0 Å². The van der Waals surface area contributed by atoms with Crippen LogP contribution in [-0.2, 0) is 4.79 Å². The Labute approximate surface area is 128 Å². The largest absolute Gasteiger partial charge is 0.623 e. The molecule has 1 heterocycles. The number of halogens is 2. The lowest BCUT2D eigenvalue weighted by Gasteiger charge is -2.10. The zero-order valence-electron chi connectivity index (χ0n) is 10.8. The van der Waals surface area contributed by atoms with E-state index in [2.05, 4.69) is 21.2 Å². The van der Waals surface area contributed by atoms with Gasteiger partial charge < -0.3 is 10.5 Å². The summed E-state index contributed by atoms with van der Waals surface area (Å²) in [5.41, 5.74) is 1.28. The summed E-state index contributed by atoms with van der Waals surface area (Å²) in [5.74, 6) is -0.937. The van der Waals surface area contributed by atoms with Gasteiger partial charge in [-0.15, -0.1) is 0 Å². The summed E-state index contributed by atoms with van der Waals surface area (Å²) in [6.07, 6.45) is 0. The Kier molecular flexibility index (Phi) is 3.47. The van der Waals surface area contributed by atoms with Crippen LogP contribution in [0.4, 0.5) is 10.1 Å². The van der Waals surface area contributed by atoms with Gasteiger partial charge in [-0.05, 0) is 30.3 Å². The minimum Gasteiger partial charge on any atom is -0.623 e. The fraction of sp³-hybridized carbons (Fsp3) is 0.0667. The van der Waals surface area contributed by atoms with Gasteiger partial charge in [0, 0.05) is 4.47 Å². The molecule has 0 fully saturated rings. The number of nitrogens with zero attached hydrogens (tertiary/aromatic N) is 1. The lowest BCUT2D eigenvalue weighted by Crippen LogP contribution is -2.24. The molecule has 0 aliphatic carbocycles. The number of hydrogen-bond acceptors (Lipinski definition) is 2. The maximum Gasteiger partial charge on any atom is 0.291 e. The predicted molar refractivity (Wildman–Crippen MR) is 80.9 cm³/mol. The van der Waals surface area contributed by atoms with E-state index in [1.807, 2.05) is 0 Å². The molecule has 2 aromatic carbocycles. The van der Waals surface area contributed by atoms with Crippen LogP contribution in [0.5, 0.6) is 0 Å². The maximum absolute atomic E-state index is 14.1. The maximum atomic E-state index is 14.1. The highest BCUT2D eigenvalue weighted by molar-refractivity contribution is 9.10. The van der Waals surface area contributed by atoms with Crippen molar-refractivity contribution in [3.8, 4) is 0 Å². The predicted octanol–water partition coefficient (Wildman–Crippen LogP) is 2.89. The van der Waals surface area contributed by atoms with Crippen molar-refractivity contribution < 1.29 is 13.9 Å². The van der Waals surface area contributed by atoms with E-state index >= 15 is 0 Å². The highest BCUT2D eigenvalue weighted by Gasteiger charge is 2.28. The Balaban J connectivity index is 2.31. The molecule has 0 unspecified atom stereocenters. The number of benzene rings is 2. The van der Waals surface area contributed by atoms with Gasteiger partial charge in [0.25, 0.3) is 5.91 Å². The van der Waals surface area contributed by atoms with Crippen LogP contribution in [0.2, 0.25) is 0 Å². The quantitative estimate of drug-likeness (QED) is 0.636. The number of amides is 1. The Morgan fingerprint density at radius 2 is 1.95 bits per heavy atom. The monoisotopic (exact) mass is 348 g/mol. The van der Waals surface area contributed by atoms with Gasteiger partial charge in [0.15, 0.2) is 0 Å². The van der Waals surface area contributed by atoms with Crippen LogP contribution in [0, 0.1) is 11.0 Å². The van der Waals surface area contributed by atoms with Gasteiger partial charge in [0.05, 0.1) is 16.8 Å². The van der Waals surface area contributed by atoms with E-state index < -0.39 is 11.7 Å². The van der Waals surface area contributed by atoms with E-state index in [0.717, 1.165) is 4.47 Å². The molecule has 0 spiro atoms. The van der Waals surface area contributed by atoms with Gasteiger partial charge in [-0.25, -0.2) is 4.39 Å². The third kappa shape index (κ3) is 2.54. The SMILES string of the molecule is O=C1C[N+]([O-])=C(c2ccccc2F)c2cc(Br)ccc2N1. The molecule has 1 aliphatic rings. The van der Waals surface area contributed by atoms with Crippen LogP contribution in [0.1, 0.15) is 11.1 Å². The zero-order chi connectivity index (χ0) is 15.0. The molecule has 1 N–H and O–H groups in total. The number of fused-ring (bicyclic) bond motifs is 1. The Bertz CT molecular complexity index is 774. The van der Waals surface area contributed by atoms with Gasteiger partial charge >= 0.3 is 0 Å². The van der Waals surface area contributed by atoms with Crippen molar-refractivity contribution in [1.29, 1.82) is 0 Å². The fourth-order valence-electron chi connectivity index (χ4n) is 2.29. The summed E-state index contributed by atoms with van der Waals surface area (Å²) in [6, 6.07) is 11.1. The molecule has 0 radical (unpaired) electrons. The van der Waals surface area contributed by atoms with Crippen molar-refractivity contribution in [2.45, 2.75) is 0 Å². The standard InChI is InChI=1S/C15H10BrFN2O2/c16-9-5-6-13-11(7-9)15(19(21)8-14(20)18-13)10-3-1-2-4-12(10)17/h1-7H,8H2,(H,18,20). The second-order valence-electron chi connectivity index (χ2n) is 4.60. The summed E-state index contributed by atoms with van der Waals surface area (Å²) >= 11 is 3.33. The first-order valence-electron chi connectivity index (χ1n) is 6.22. The fourth-order valence-corrected chi connectivity index (χ4v) is 2.65. The third-order valence-electron chi connectivity index (χ3n) is 3.18. The van der Waals surface area contributed by atoms with Crippen LogP contribution in [0.3, 0.4) is 0 Å². The van der Waals surface area contributed by atoms with Crippen molar-refractivity contribution in [1.82, 2.24) is 0 Å². The number of anilines is 1. The molecule has 21 heavy (non-hydrogen) atoms. The van der Waals surface area contributed by atoms with Crippen LogP contribution < -0.4 is 5.32 Å². The first-order valence-corrected chi connectivity index (χ1v) is 7.02. The Hall–Kier alpha value is -2.21. The number of hydroxylamine groups is 1. The minimum absolute atomic E-state index is 0.141. The highest BCUT2D eigenvalue weighted by Crippen LogP contribution is 2.26. The molecule has 0 saturated heterocycles. The number of benzodiazepines with no additional fused rings is 1. The normalized spacial score (nSPS) is 14.5. The second-order valence-corrected chi connectivity index (χ2v) is 5.52. The minimum atomic E-state index is -0.506. The topological polar surface area (TPSA) is 55.2 Å². The molecular formula is C15H10BrFN2O2. The number of hydrogen-bond donors (Lipinski definition) is 1. The molecular weight excluding hydrogens is 339 g/mol. The van der Waals surface area contributed by atoms with E-state index in [1.165, 1.54) is 12.1 Å². The molecule has 106 valence electrons. The van der Waals surface area contributed by atoms with Gasteiger partial charge in [0.2, 0.25) is 12.3 Å². The molecule has 4 nitrogen and oxygen atoms in total. The van der Waals surface area contributed by atoms with Crippen molar-refractivity contribution in [2.75, 3.05) is 11.9 Å². The summed E-state index contributed by atoms with van der Waals surface area (Å²) < 4.78 is 15.3. The Morgan fingerprint density at radius 1 is 1.19 bits per heavy atom. The van der Waals surface area contributed by atoms with E-state index in [-0.39, 0.29) is 17.8 Å². The van der Waals surface area contributed by atoms with Crippen LogP contribution in [0.15, 0.2) is 46.9 Å². The summed E-state index contributed by atoms with van der Waals surface area (Å²) in [7, 11) is 0. The third-order valence-corrected chi connectivity index (χ3v) is 3.67. The van der Waals surface area contributed by atoms with Crippen molar-refractivity contribution in [3.05, 3.63) is 69.1 Å². The van der Waals surface area contributed by atoms with Crippen LogP contribution in [-0.4, -0.2) is 22.9 Å². The average Bonchev–Trinajstić information content (AvgIpc) is 2.55. The molecule has 0 saturated carbocycles. The average molecular weight is 349 g/mol. The van der Waals surface area contributed by atoms with E-state index in [1.54, 1.807) is 30.3 Å². The molecule has 0 aromatic heterocycles. The first kappa shape index (κ1) is 13.8. The number of carbonyl (C=O) groups excluding carboxylic acids is 1. The molecule has 2 aromatic rings. The lowest BCUT2D eigenvalue weighted by molar-refractivity contribution is -0.443. The lowest BCUT2D eigenvalue weighted by atomic mass is 10.00. The summed E-state index contributed by atoms with van der Waals surface area (Å²) in [4.78, 5) is 11.7. The number of rotatable bonds is 1. The smallest absolute Gasteiger partial charge is 0.291 e. The Morgan fingerprint density at radius 3 is 2.71 bits per heavy atom. The molecule has 0 bridgehead atoms. The van der Waals surface area contributed by atoms with Crippen molar-refractivity contribution >= 4 is 33.2 Å². The van der Waals surface area contributed by atoms with Crippen molar-refractivity contribution in [2.24, 2.45) is 0 Å². The van der Waals surface area contributed by atoms with E-state index in [4.69, 9.17) is 0 Å². The highest BCUT2D eigenvalue weighted by atomic mass is 79.9. The van der Waals surface area contributed by atoms with Gasteiger partial charge in [-0.2, -0.15) is 4.74 Å². The summed E-state index contributed by atoms with van der Waals surface area (Å²) in [6.45, 7) is -0.379. The van der Waals surface area contributed by atoms with Gasteiger partial charge in [0.1, 0.15) is 5.82 Å².